The van der Waals surface area contributed by atoms with Crippen LogP contribution in [0, 0.1) is 6.92 Å². The Bertz CT molecular complexity index is 423. The first-order chi connectivity index (χ1) is 9.08. The Morgan fingerprint density at radius 2 is 2.16 bits per heavy atom. The number of alkyl halides is 1. The van der Waals surface area contributed by atoms with Crippen LogP contribution in [-0.4, -0.2) is 31.1 Å². The third kappa shape index (κ3) is 5.20. The Hall–Kier alpha value is -1.07. The van der Waals surface area contributed by atoms with E-state index < -0.39 is 0 Å². The Morgan fingerprint density at radius 1 is 1.42 bits per heavy atom. The highest BCUT2D eigenvalue weighted by molar-refractivity contribution is 9.10. The molecular weight excluding hydrogens is 310 g/mol. The van der Waals surface area contributed by atoms with E-state index in [-0.39, 0.29) is 10.7 Å². The lowest BCUT2D eigenvalue weighted by atomic mass is 10.2. The summed E-state index contributed by atoms with van der Waals surface area (Å²) >= 11 is 3.33. The molecule has 4 nitrogen and oxygen atoms in total. The highest BCUT2D eigenvalue weighted by atomic mass is 79.9. The maximum Gasteiger partial charge on any atom is 0.238 e. The Labute approximate surface area is 122 Å². The van der Waals surface area contributed by atoms with Crippen LogP contribution in [-0.2, 0) is 9.53 Å². The van der Waals surface area contributed by atoms with Crippen molar-refractivity contribution in [2.45, 2.75) is 25.1 Å². The van der Waals surface area contributed by atoms with Crippen molar-refractivity contribution in [3.8, 4) is 5.75 Å². The van der Waals surface area contributed by atoms with Gasteiger partial charge in [0, 0.05) is 7.11 Å². The molecule has 0 aromatic heterocycles. The van der Waals surface area contributed by atoms with Crippen molar-refractivity contribution in [1.29, 1.82) is 0 Å². The highest BCUT2D eigenvalue weighted by Gasteiger charge is 2.14. The van der Waals surface area contributed by atoms with E-state index in [0.29, 0.717) is 24.7 Å². The van der Waals surface area contributed by atoms with E-state index in [1.54, 1.807) is 7.11 Å². The maximum atomic E-state index is 11.9. The molecule has 1 rings (SSSR count). The third-order valence-corrected chi connectivity index (χ3v) is 3.65. The van der Waals surface area contributed by atoms with Gasteiger partial charge in [0.1, 0.15) is 12.4 Å². The molecule has 19 heavy (non-hydrogen) atoms. The van der Waals surface area contributed by atoms with E-state index in [9.17, 15) is 4.79 Å². The number of ether oxygens (including phenoxy) is 2. The molecule has 0 saturated carbocycles. The number of hydrogen-bond donors (Lipinski definition) is 1. The number of methoxy groups -OCH3 is 1. The minimum absolute atomic E-state index is 0.0667. The standard InChI is InChI=1S/C14H20BrNO3/c1-4-11(15)14(17)16-12-6-5-10(2)9-13(12)19-8-7-18-3/h5-6,9,11H,4,7-8H2,1-3H3,(H,16,17). The largest absolute Gasteiger partial charge is 0.489 e. The lowest BCUT2D eigenvalue weighted by molar-refractivity contribution is -0.115. The summed E-state index contributed by atoms with van der Waals surface area (Å²) in [6, 6.07) is 5.69. The molecule has 106 valence electrons. The molecule has 1 atom stereocenters. The third-order valence-electron chi connectivity index (χ3n) is 2.58. The number of anilines is 1. The van der Waals surface area contributed by atoms with Crippen LogP contribution in [0.1, 0.15) is 18.9 Å². The first kappa shape index (κ1) is 16.0. The van der Waals surface area contributed by atoms with Gasteiger partial charge in [-0.1, -0.05) is 28.9 Å². The van der Waals surface area contributed by atoms with Crippen molar-refractivity contribution >= 4 is 27.5 Å². The summed E-state index contributed by atoms with van der Waals surface area (Å²) in [4.78, 5) is 11.7. The lowest BCUT2D eigenvalue weighted by Gasteiger charge is -2.14. The molecule has 1 N–H and O–H groups in total. The number of nitrogens with one attached hydrogen (secondary N) is 1. The summed E-state index contributed by atoms with van der Waals surface area (Å²) in [6.07, 6.45) is 0.734. The lowest BCUT2D eigenvalue weighted by Crippen LogP contribution is -2.22. The Kier molecular flexibility index (Phi) is 6.87. The number of benzene rings is 1. The van der Waals surface area contributed by atoms with E-state index >= 15 is 0 Å². The second-order valence-corrected chi connectivity index (χ2v) is 5.31. The smallest absolute Gasteiger partial charge is 0.238 e. The van der Waals surface area contributed by atoms with E-state index in [4.69, 9.17) is 9.47 Å². The van der Waals surface area contributed by atoms with E-state index in [0.717, 1.165) is 12.0 Å². The van der Waals surface area contributed by atoms with Crippen LogP contribution in [0.3, 0.4) is 0 Å². The van der Waals surface area contributed by atoms with Gasteiger partial charge in [0.2, 0.25) is 5.91 Å². The van der Waals surface area contributed by atoms with Gasteiger partial charge in [-0.2, -0.15) is 0 Å². The number of amides is 1. The van der Waals surface area contributed by atoms with Crippen LogP contribution in [0.5, 0.6) is 5.75 Å². The van der Waals surface area contributed by atoms with Gasteiger partial charge in [-0.3, -0.25) is 4.79 Å². The molecule has 0 aliphatic rings. The monoisotopic (exact) mass is 329 g/mol. The van der Waals surface area contributed by atoms with Gasteiger partial charge >= 0.3 is 0 Å². The Morgan fingerprint density at radius 3 is 2.79 bits per heavy atom. The zero-order valence-electron chi connectivity index (χ0n) is 11.5. The van der Waals surface area contributed by atoms with Gasteiger partial charge in [-0.15, -0.1) is 0 Å². The van der Waals surface area contributed by atoms with Crippen LogP contribution in [0.15, 0.2) is 18.2 Å². The number of rotatable bonds is 7. The SMILES string of the molecule is CCC(Br)C(=O)Nc1ccc(C)cc1OCCOC. The van der Waals surface area contributed by atoms with Crippen LogP contribution >= 0.6 is 15.9 Å². The molecule has 0 aliphatic heterocycles. The molecule has 0 radical (unpaired) electrons. The second kappa shape index (κ2) is 8.17. The van der Waals surface area contributed by atoms with Crippen molar-refractivity contribution in [2.24, 2.45) is 0 Å². The predicted octanol–water partition coefficient (Wildman–Crippen LogP) is 3.13. The van der Waals surface area contributed by atoms with Gasteiger partial charge in [0.15, 0.2) is 0 Å². The van der Waals surface area contributed by atoms with Gasteiger partial charge in [0.05, 0.1) is 17.1 Å². The van der Waals surface area contributed by atoms with Crippen molar-refractivity contribution < 1.29 is 14.3 Å². The molecule has 5 heteroatoms. The second-order valence-electron chi connectivity index (χ2n) is 4.21. The van der Waals surface area contributed by atoms with E-state index in [1.807, 2.05) is 32.0 Å². The molecule has 0 bridgehead atoms. The number of carbonyl (C=O) groups is 1. The fourth-order valence-corrected chi connectivity index (χ4v) is 1.60. The molecule has 0 fully saturated rings. The zero-order chi connectivity index (χ0) is 14.3. The first-order valence-corrected chi connectivity index (χ1v) is 7.17. The summed E-state index contributed by atoms with van der Waals surface area (Å²) in [5.74, 6) is 0.601. The van der Waals surface area contributed by atoms with Crippen molar-refractivity contribution in [2.75, 3.05) is 25.6 Å². The van der Waals surface area contributed by atoms with Gasteiger partial charge in [0.25, 0.3) is 0 Å². The molecule has 0 saturated heterocycles. The molecule has 0 aliphatic carbocycles. The number of halogens is 1. The number of hydrogen-bond acceptors (Lipinski definition) is 3. The predicted molar refractivity (Wildman–Crippen MR) is 80.2 cm³/mol. The van der Waals surface area contributed by atoms with Crippen molar-refractivity contribution in [3.63, 3.8) is 0 Å². The summed E-state index contributed by atoms with van der Waals surface area (Å²) in [7, 11) is 1.62. The minimum atomic E-state index is -0.194. The topological polar surface area (TPSA) is 47.6 Å². The minimum Gasteiger partial charge on any atom is -0.489 e. The first-order valence-electron chi connectivity index (χ1n) is 6.25. The average Bonchev–Trinajstić information content (AvgIpc) is 2.40. The molecule has 1 aromatic rings. The fourth-order valence-electron chi connectivity index (χ4n) is 1.48. The summed E-state index contributed by atoms with van der Waals surface area (Å²) < 4.78 is 10.6. The highest BCUT2D eigenvalue weighted by Crippen LogP contribution is 2.26. The molecule has 1 unspecified atom stereocenters. The zero-order valence-corrected chi connectivity index (χ0v) is 13.1. The van der Waals surface area contributed by atoms with Crippen molar-refractivity contribution in [3.05, 3.63) is 23.8 Å². The molecule has 0 spiro atoms. The quantitative estimate of drug-likeness (QED) is 0.617. The van der Waals surface area contributed by atoms with E-state index in [2.05, 4.69) is 21.2 Å². The van der Waals surface area contributed by atoms with Crippen molar-refractivity contribution in [1.82, 2.24) is 0 Å². The summed E-state index contributed by atoms with van der Waals surface area (Å²) in [6.45, 7) is 4.89. The van der Waals surface area contributed by atoms with E-state index in [1.165, 1.54) is 0 Å². The average molecular weight is 330 g/mol. The van der Waals surface area contributed by atoms with Gasteiger partial charge in [-0.25, -0.2) is 0 Å². The van der Waals surface area contributed by atoms with Crippen LogP contribution in [0.2, 0.25) is 0 Å². The normalized spacial score (nSPS) is 12.0. The summed E-state index contributed by atoms with van der Waals surface area (Å²) in [5, 5.41) is 2.86. The fraction of sp³-hybridized carbons (Fsp3) is 0.500. The van der Waals surface area contributed by atoms with Crippen LogP contribution in [0.4, 0.5) is 5.69 Å². The van der Waals surface area contributed by atoms with Crippen LogP contribution in [0.25, 0.3) is 0 Å². The number of aryl methyl sites for hydroxylation is 1. The maximum absolute atomic E-state index is 11.9. The molecular formula is C14H20BrNO3. The number of carbonyl (C=O) groups excluding carboxylic acids is 1. The van der Waals surface area contributed by atoms with Gasteiger partial charge in [-0.05, 0) is 31.0 Å². The molecule has 1 aromatic carbocycles. The molecule has 1 amide bonds. The summed E-state index contributed by atoms with van der Waals surface area (Å²) in [5.41, 5.74) is 1.76. The van der Waals surface area contributed by atoms with Gasteiger partial charge < -0.3 is 14.8 Å². The molecule has 0 heterocycles. The Balaban J connectivity index is 2.78. The van der Waals surface area contributed by atoms with Crippen LogP contribution < -0.4 is 10.1 Å².